The molecule has 19 heavy (non-hydrogen) atoms. The van der Waals surface area contributed by atoms with Crippen molar-refractivity contribution in [1.82, 2.24) is 0 Å². The fraction of sp³-hybridized carbons (Fsp3) is 0.600. The third-order valence-electron chi connectivity index (χ3n) is 5.03. The minimum atomic E-state index is -4.27. The van der Waals surface area contributed by atoms with Crippen LogP contribution in [0.1, 0.15) is 43.2 Å². The van der Waals surface area contributed by atoms with Crippen molar-refractivity contribution in [2.45, 2.75) is 43.7 Å². The fourth-order valence-corrected chi connectivity index (χ4v) is 3.91. The van der Waals surface area contributed by atoms with E-state index in [0.29, 0.717) is 12.0 Å². The summed E-state index contributed by atoms with van der Waals surface area (Å²) in [7, 11) is 0. The molecule has 3 rings (SSSR count). The van der Waals surface area contributed by atoms with Crippen LogP contribution in [0.15, 0.2) is 24.3 Å². The Hall–Kier alpha value is -1.03. The van der Waals surface area contributed by atoms with E-state index in [-0.39, 0.29) is 5.41 Å². The molecule has 0 aliphatic heterocycles. The van der Waals surface area contributed by atoms with E-state index in [9.17, 15) is 13.2 Å². The minimum absolute atomic E-state index is 0.221. The van der Waals surface area contributed by atoms with Crippen LogP contribution < -0.4 is 5.73 Å². The Morgan fingerprint density at radius 1 is 1.16 bits per heavy atom. The molecule has 0 atom stereocenters. The zero-order valence-electron chi connectivity index (χ0n) is 10.8. The Labute approximate surface area is 111 Å². The van der Waals surface area contributed by atoms with Crippen molar-refractivity contribution >= 4 is 0 Å². The number of hydrogen-bond donors (Lipinski definition) is 1. The highest BCUT2D eigenvalue weighted by molar-refractivity contribution is 5.36. The van der Waals surface area contributed by atoms with Crippen LogP contribution in [0.5, 0.6) is 0 Å². The fourth-order valence-electron chi connectivity index (χ4n) is 3.91. The SMILES string of the molecule is NCC1(c2cccc(C(F)(F)F)c2)CC2(CCC2)C1. The maximum absolute atomic E-state index is 12.8. The van der Waals surface area contributed by atoms with Gasteiger partial charge in [-0.25, -0.2) is 0 Å². The predicted octanol–water partition coefficient (Wildman–Crippen LogP) is 3.87. The van der Waals surface area contributed by atoms with Crippen LogP contribution in [0.4, 0.5) is 13.2 Å². The van der Waals surface area contributed by atoms with Crippen molar-refractivity contribution in [3.63, 3.8) is 0 Å². The van der Waals surface area contributed by atoms with E-state index in [4.69, 9.17) is 5.73 Å². The molecule has 0 unspecified atom stereocenters. The van der Waals surface area contributed by atoms with Gasteiger partial charge in [0.15, 0.2) is 0 Å². The first-order chi connectivity index (χ1) is 8.89. The molecule has 4 heteroatoms. The number of halogens is 3. The molecule has 1 spiro atoms. The summed E-state index contributed by atoms with van der Waals surface area (Å²) in [6.07, 6.45) is 1.32. The summed E-state index contributed by atoms with van der Waals surface area (Å²) in [6, 6.07) is 5.72. The average molecular weight is 269 g/mol. The zero-order chi connectivity index (χ0) is 13.7. The monoisotopic (exact) mass is 269 g/mol. The molecule has 2 saturated carbocycles. The average Bonchev–Trinajstić information content (AvgIpc) is 2.26. The molecule has 0 saturated heterocycles. The second kappa shape index (κ2) is 3.98. The summed E-state index contributed by atoms with van der Waals surface area (Å²) in [4.78, 5) is 0. The Kier molecular flexibility index (Phi) is 2.72. The molecule has 2 aliphatic carbocycles. The van der Waals surface area contributed by atoms with Gasteiger partial charge in [-0.15, -0.1) is 0 Å². The summed E-state index contributed by atoms with van der Waals surface area (Å²) >= 11 is 0. The lowest BCUT2D eigenvalue weighted by Crippen LogP contribution is -2.56. The van der Waals surface area contributed by atoms with Crippen LogP contribution in [-0.4, -0.2) is 6.54 Å². The largest absolute Gasteiger partial charge is 0.416 e. The minimum Gasteiger partial charge on any atom is -0.330 e. The van der Waals surface area contributed by atoms with E-state index >= 15 is 0 Å². The molecule has 0 bridgehead atoms. The Balaban J connectivity index is 1.89. The van der Waals surface area contributed by atoms with E-state index in [1.54, 1.807) is 6.07 Å². The highest BCUT2D eigenvalue weighted by atomic mass is 19.4. The second-order valence-corrected chi connectivity index (χ2v) is 6.27. The molecule has 0 radical (unpaired) electrons. The Morgan fingerprint density at radius 3 is 2.32 bits per heavy atom. The lowest BCUT2D eigenvalue weighted by molar-refractivity contribution is -0.137. The first kappa shape index (κ1) is 13.0. The third-order valence-corrected chi connectivity index (χ3v) is 5.03. The van der Waals surface area contributed by atoms with Gasteiger partial charge in [-0.3, -0.25) is 0 Å². The Bertz CT molecular complexity index is 480. The van der Waals surface area contributed by atoms with Crippen LogP contribution >= 0.6 is 0 Å². The van der Waals surface area contributed by atoms with E-state index < -0.39 is 11.7 Å². The summed E-state index contributed by atoms with van der Waals surface area (Å²) in [5, 5.41) is 0. The van der Waals surface area contributed by atoms with Gasteiger partial charge in [0.05, 0.1) is 5.56 Å². The molecule has 1 nitrogen and oxygen atoms in total. The van der Waals surface area contributed by atoms with Gasteiger partial charge in [-0.1, -0.05) is 24.6 Å². The smallest absolute Gasteiger partial charge is 0.330 e. The normalized spacial score (nSPS) is 23.8. The summed E-state index contributed by atoms with van der Waals surface area (Å²) < 4.78 is 38.3. The highest BCUT2D eigenvalue weighted by Crippen LogP contribution is 2.64. The van der Waals surface area contributed by atoms with Crippen LogP contribution in [0.2, 0.25) is 0 Å². The topological polar surface area (TPSA) is 26.0 Å². The van der Waals surface area contributed by atoms with Crippen LogP contribution in [0.25, 0.3) is 0 Å². The molecule has 0 aromatic heterocycles. The maximum Gasteiger partial charge on any atom is 0.416 e. The van der Waals surface area contributed by atoms with Gasteiger partial charge >= 0.3 is 6.18 Å². The number of nitrogens with two attached hydrogens (primary N) is 1. The number of rotatable bonds is 2. The zero-order valence-corrected chi connectivity index (χ0v) is 10.8. The van der Waals surface area contributed by atoms with Gasteiger partial charge in [0.2, 0.25) is 0 Å². The molecule has 104 valence electrons. The summed E-state index contributed by atoms with van der Waals surface area (Å²) in [6.45, 7) is 0.441. The second-order valence-electron chi connectivity index (χ2n) is 6.27. The van der Waals surface area contributed by atoms with E-state index in [1.165, 1.54) is 31.4 Å². The molecule has 2 fully saturated rings. The Morgan fingerprint density at radius 2 is 1.84 bits per heavy atom. The van der Waals surface area contributed by atoms with E-state index in [0.717, 1.165) is 24.5 Å². The standard InChI is InChI=1S/C15H18F3N/c16-15(17,18)12-4-1-3-11(7-12)14(10-19)8-13(9-14)5-2-6-13/h1,3-4,7H,2,5-6,8-10,19H2. The number of hydrogen-bond acceptors (Lipinski definition) is 1. The third kappa shape index (κ3) is 1.97. The van der Waals surface area contributed by atoms with Crippen molar-refractivity contribution < 1.29 is 13.2 Å². The number of benzene rings is 1. The van der Waals surface area contributed by atoms with Crippen molar-refractivity contribution in [2.75, 3.05) is 6.54 Å². The predicted molar refractivity (Wildman–Crippen MR) is 67.7 cm³/mol. The summed E-state index contributed by atoms with van der Waals surface area (Å²) in [5.74, 6) is 0. The van der Waals surface area contributed by atoms with Crippen molar-refractivity contribution in [3.05, 3.63) is 35.4 Å². The summed E-state index contributed by atoms with van der Waals surface area (Å²) in [5.41, 5.74) is 6.26. The molecule has 0 heterocycles. The van der Waals surface area contributed by atoms with Crippen molar-refractivity contribution in [3.8, 4) is 0 Å². The molecule has 0 amide bonds. The quantitative estimate of drug-likeness (QED) is 0.866. The van der Waals surface area contributed by atoms with Gasteiger partial charge in [0.1, 0.15) is 0 Å². The first-order valence-corrected chi connectivity index (χ1v) is 6.77. The lowest BCUT2D eigenvalue weighted by Gasteiger charge is -2.61. The highest BCUT2D eigenvalue weighted by Gasteiger charge is 2.57. The first-order valence-electron chi connectivity index (χ1n) is 6.77. The van der Waals surface area contributed by atoms with E-state index in [1.807, 2.05) is 0 Å². The molecular formula is C15H18F3N. The van der Waals surface area contributed by atoms with Gasteiger partial charge in [0.25, 0.3) is 0 Å². The van der Waals surface area contributed by atoms with Gasteiger partial charge in [0, 0.05) is 12.0 Å². The number of alkyl halides is 3. The molecule has 1 aromatic rings. The van der Waals surface area contributed by atoms with Crippen LogP contribution in [0, 0.1) is 5.41 Å². The van der Waals surface area contributed by atoms with Crippen molar-refractivity contribution in [2.24, 2.45) is 11.1 Å². The molecule has 1 aromatic carbocycles. The molecular weight excluding hydrogens is 251 g/mol. The lowest BCUT2D eigenvalue weighted by atomic mass is 9.44. The van der Waals surface area contributed by atoms with E-state index in [2.05, 4.69) is 0 Å². The van der Waals surface area contributed by atoms with Crippen LogP contribution in [-0.2, 0) is 11.6 Å². The molecule has 2 aliphatic rings. The maximum atomic E-state index is 12.8. The van der Waals surface area contributed by atoms with Gasteiger partial charge < -0.3 is 5.73 Å². The molecule has 2 N–H and O–H groups in total. The van der Waals surface area contributed by atoms with Gasteiger partial charge in [-0.05, 0) is 42.7 Å². The van der Waals surface area contributed by atoms with Crippen molar-refractivity contribution in [1.29, 1.82) is 0 Å². The van der Waals surface area contributed by atoms with Gasteiger partial charge in [-0.2, -0.15) is 13.2 Å². The van der Waals surface area contributed by atoms with Crippen LogP contribution in [0.3, 0.4) is 0 Å².